The van der Waals surface area contributed by atoms with Gasteiger partial charge in [-0.3, -0.25) is 4.79 Å². The van der Waals surface area contributed by atoms with Crippen LogP contribution in [-0.4, -0.2) is 31.8 Å². The molecule has 4 nitrogen and oxygen atoms in total. The van der Waals surface area contributed by atoms with E-state index in [2.05, 4.69) is 0 Å². The fraction of sp³-hybridized carbons (Fsp3) is 0.417. The van der Waals surface area contributed by atoms with Crippen LogP contribution >= 0.6 is 0 Å². The third kappa shape index (κ3) is 4.31. The maximum Gasteiger partial charge on any atom is 0.305 e. The molecule has 0 aliphatic rings. The van der Waals surface area contributed by atoms with Crippen molar-refractivity contribution in [2.45, 2.75) is 13.0 Å². The number of nitrogens with zero attached hydrogens (tertiary/aromatic N) is 1. The van der Waals surface area contributed by atoms with E-state index in [1.807, 2.05) is 43.3 Å². The van der Waals surface area contributed by atoms with Crippen molar-refractivity contribution in [3.63, 3.8) is 0 Å². The molecule has 1 rings (SSSR count). The van der Waals surface area contributed by atoms with E-state index in [4.69, 9.17) is 9.84 Å². The van der Waals surface area contributed by atoms with Crippen molar-refractivity contribution in [2.75, 3.05) is 25.6 Å². The fourth-order valence-electron chi connectivity index (χ4n) is 1.24. The second kappa shape index (κ2) is 6.12. The highest BCUT2D eigenvalue weighted by Crippen LogP contribution is 2.12. The third-order valence-corrected chi connectivity index (χ3v) is 2.18. The first-order valence-electron chi connectivity index (χ1n) is 5.15. The number of anilines is 1. The Bertz CT molecular complexity index is 333. The Morgan fingerprint density at radius 3 is 2.44 bits per heavy atom. The molecule has 0 heterocycles. The number of hydrogen-bond acceptors (Lipinski definition) is 3. The summed E-state index contributed by atoms with van der Waals surface area (Å²) in [5, 5.41) is 8.42. The molecule has 1 N–H and O–H groups in total. The summed E-state index contributed by atoms with van der Waals surface area (Å²) >= 11 is 0. The number of ether oxygens (including phenoxy) is 1. The Kier molecular flexibility index (Phi) is 4.79. The minimum Gasteiger partial charge on any atom is -0.481 e. The standard InChI is InChI=1S/C12H17NO3/c1-13(2)11-5-3-10(4-6-11)9-16-8-7-12(14)15/h3-6H,7-9H2,1-2H3,(H,14,15). The largest absolute Gasteiger partial charge is 0.481 e. The number of aliphatic carboxylic acids is 1. The molecule has 4 heteroatoms. The van der Waals surface area contributed by atoms with Gasteiger partial charge in [0.25, 0.3) is 0 Å². The van der Waals surface area contributed by atoms with Crippen molar-refractivity contribution in [3.8, 4) is 0 Å². The number of carboxylic acid groups (broad SMARTS) is 1. The predicted octanol–water partition coefficient (Wildman–Crippen LogP) is 1.74. The first-order chi connectivity index (χ1) is 7.59. The van der Waals surface area contributed by atoms with Crippen LogP contribution in [0.2, 0.25) is 0 Å². The summed E-state index contributed by atoms with van der Waals surface area (Å²) in [6.07, 6.45) is 0.0514. The molecule has 0 fully saturated rings. The van der Waals surface area contributed by atoms with Crippen molar-refractivity contribution in [2.24, 2.45) is 0 Å². The van der Waals surface area contributed by atoms with Crippen LogP contribution in [0.25, 0.3) is 0 Å². The number of carbonyl (C=O) groups is 1. The summed E-state index contributed by atoms with van der Waals surface area (Å²) in [4.78, 5) is 12.3. The van der Waals surface area contributed by atoms with E-state index < -0.39 is 5.97 Å². The van der Waals surface area contributed by atoms with Gasteiger partial charge in [0.15, 0.2) is 0 Å². The molecular formula is C12H17NO3. The number of rotatable bonds is 6. The number of hydrogen-bond donors (Lipinski definition) is 1. The molecule has 1 aromatic rings. The molecular weight excluding hydrogens is 206 g/mol. The van der Waals surface area contributed by atoms with Crippen LogP contribution in [0.5, 0.6) is 0 Å². The first kappa shape index (κ1) is 12.5. The van der Waals surface area contributed by atoms with Crippen LogP contribution in [0.1, 0.15) is 12.0 Å². The van der Waals surface area contributed by atoms with Gasteiger partial charge in [-0.05, 0) is 17.7 Å². The predicted molar refractivity (Wildman–Crippen MR) is 62.7 cm³/mol. The highest BCUT2D eigenvalue weighted by molar-refractivity contribution is 5.66. The van der Waals surface area contributed by atoms with Gasteiger partial charge in [0, 0.05) is 19.8 Å². The van der Waals surface area contributed by atoms with Gasteiger partial charge in [0.1, 0.15) is 0 Å². The minimum absolute atomic E-state index is 0.0514. The summed E-state index contributed by atoms with van der Waals surface area (Å²) < 4.78 is 5.24. The third-order valence-electron chi connectivity index (χ3n) is 2.18. The van der Waals surface area contributed by atoms with Crippen LogP contribution in [0.3, 0.4) is 0 Å². The molecule has 0 atom stereocenters. The lowest BCUT2D eigenvalue weighted by Gasteiger charge is -2.12. The first-order valence-corrected chi connectivity index (χ1v) is 5.15. The zero-order chi connectivity index (χ0) is 12.0. The average Bonchev–Trinajstić information content (AvgIpc) is 2.25. The van der Waals surface area contributed by atoms with Crippen LogP contribution < -0.4 is 4.90 Å². The van der Waals surface area contributed by atoms with Gasteiger partial charge in [-0.15, -0.1) is 0 Å². The number of carboxylic acids is 1. The lowest BCUT2D eigenvalue weighted by atomic mass is 10.2. The molecule has 1 aromatic carbocycles. The molecule has 0 saturated heterocycles. The summed E-state index contributed by atoms with van der Waals surface area (Å²) in [5.74, 6) is -0.831. The molecule has 0 amide bonds. The van der Waals surface area contributed by atoms with Gasteiger partial charge in [-0.1, -0.05) is 12.1 Å². The summed E-state index contributed by atoms with van der Waals surface area (Å²) in [6.45, 7) is 0.714. The van der Waals surface area contributed by atoms with Crippen molar-refractivity contribution >= 4 is 11.7 Å². The van der Waals surface area contributed by atoms with E-state index in [-0.39, 0.29) is 13.0 Å². The van der Waals surface area contributed by atoms with Gasteiger partial charge < -0.3 is 14.7 Å². The van der Waals surface area contributed by atoms with Gasteiger partial charge in [0.05, 0.1) is 19.6 Å². The van der Waals surface area contributed by atoms with Crippen LogP contribution in [0, 0.1) is 0 Å². The molecule has 16 heavy (non-hydrogen) atoms. The molecule has 0 bridgehead atoms. The molecule has 0 aliphatic heterocycles. The minimum atomic E-state index is -0.831. The summed E-state index contributed by atoms with van der Waals surface area (Å²) in [7, 11) is 3.97. The number of benzene rings is 1. The highest BCUT2D eigenvalue weighted by Gasteiger charge is 1.98. The average molecular weight is 223 g/mol. The molecule has 88 valence electrons. The molecule has 0 spiro atoms. The van der Waals surface area contributed by atoms with E-state index in [0.29, 0.717) is 6.61 Å². The van der Waals surface area contributed by atoms with Crippen LogP contribution in [-0.2, 0) is 16.1 Å². The van der Waals surface area contributed by atoms with Gasteiger partial charge in [-0.25, -0.2) is 0 Å². The zero-order valence-corrected chi connectivity index (χ0v) is 9.64. The van der Waals surface area contributed by atoms with Crippen molar-refractivity contribution in [3.05, 3.63) is 29.8 Å². The maximum atomic E-state index is 10.2. The summed E-state index contributed by atoms with van der Waals surface area (Å²) in [6, 6.07) is 7.98. The van der Waals surface area contributed by atoms with Crippen LogP contribution in [0.4, 0.5) is 5.69 Å². The zero-order valence-electron chi connectivity index (χ0n) is 9.64. The maximum absolute atomic E-state index is 10.2. The topological polar surface area (TPSA) is 49.8 Å². The SMILES string of the molecule is CN(C)c1ccc(COCCC(=O)O)cc1. The molecule has 0 radical (unpaired) electrons. The lowest BCUT2D eigenvalue weighted by Crippen LogP contribution is -2.08. The van der Waals surface area contributed by atoms with Crippen LogP contribution in [0.15, 0.2) is 24.3 Å². The second-order valence-corrected chi connectivity index (χ2v) is 3.76. The molecule has 0 unspecified atom stereocenters. The second-order valence-electron chi connectivity index (χ2n) is 3.76. The van der Waals surface area contributed by atoms with E-state index in [1.54, 1.807) is 0 Å². The smallest absolute Gasteiger partial charge is 0.305 e. The van der Waals surface area contributed by atoms with Gasteiger partial charge in [0.2, 0.25) is 0 Å². The lowest BCUT2D eigenvalue weighted by molar-refractivity contribution is -0.138. The van der Waals surface area contributed by atoms with Crippen molar-refractivity contribution in [1.82, 2.24) is 0 Å². The van der Waals surface area contributed by atoms with Gasteiger partial charge in [-0.2, -0.15) is 0 Å². The van der Waals surface area contributed by atoms with Crippen molar-refractivity contribution < 1.29 is 14.6 Å². The quantitative estimate of drug-likeness (QED) is 0.746. The monoisotopic (exact) mass is 223 g/mol. The Morgan fingerprint density at radius 2 is 1.94 bits per heavy atom. The Morgan fingerprint density at radius 1 is 1.31 bits per heavy atom. The van der Waals surface area contributed by atoms with Crippen molar-refractivity contribution in [1.29, 1.82) is 0 Å². The van der Waals surface area contributed by atoms with E-state index in [9.17, 15) is 4.79 Å². The molecule has 0 aliphatic carbocycles. The van der Waals surface area contributed by atoms with Gasteiger partial charge >= 0.3 is 5.97 Å². The van der Waals surface area contributed by atoms with E-state index in [1.165, 1.54) is 0 Å². The normalized spacial score (nSPS) is 10.1. The Balaban J connectivity index is 2.35. The molecule has 0 aromatic heterocycles. The Labute approximate surface area is 95.5 Å². The van der Waals surface area contributed by atoms with E-state index >= 15 is 0 Å². The Hall–Kier alpha value is -1.55. The summed E-state index contributed by atoms with van der Waals surface area (Å²) in [5.41, 5.74) is 2.19. The highest BCUT2D eigenvalue weighted by atomic mass is 16.5. The molecule has 0 saturated carbocycles. The fourth-order valence-corrected chi connectivity index (χ4v) is 1.24. The van der Waals surface area contributed by atoms with E-state index in [0.717, 1.165) is 11.3 Å².